The number of isocyanates is 1. The van der Waals surface area contributed by atoms with Gasteiger partial charge in [-0.2, -0.15) is 13.2 Å². The number of nitrogens with zero attached hydrogens (tertiary/aromatic N) is 1. The van der Waals surface area contributed by atoms with Gasteiger partial charge in [0.2, 0.25) is 0 Å². The molecule has 0 saturated carbocycles. The summed E-state index contributed by atoms with van der Waals surface area (Å²) in [5, 5.41) is 0. The molecule has 0 saturated heterocycles. The van der Waals surface area contributed by atoms with Crippen LogP contribution in [-0.4, -0.2) is 20.3 Å². The number of carbonyl (C=O) groups excluding carboxylic acids is 1. The molecular weight excluding hydrogens is 271 g/mol. The maximum atomic E-state index is 12.6. The van der Waals surface area contributed by atoms with Gasteiger partial charge in [0, 0.05) is 0 Å². The highest BCUT2D eigenvalue weighted by atomic mass is 32.2. The summed E-state index contributed by atoms with van der Waals surface area (Å²) in [7, 11) is -4.06. The van der Waals surface area contributed by atoms with Crippen LogP contribution in [0.1, 0.15) is 11.1 Å². The highest BCUT2D eigenvalue weighted by molar-refractivity contribution is 7.90. The molecule has 0 aliphatic carbocycles. The normalized spacial score (nSPS) is 11.9. The van der Waals surface area contributed by atoms with E-state index >= 15 is 0 Å². The molecular formula is C10H8F3NO3S. The van der Waals surface area contributed by atoms with Gasteiger partial charge in [-0.3, -0.25) is 0 Å². The van der Waals surface area contributed by atoms with E-state index in [1.54, 1.807) is 0 Å². The molecule has 0 amide bonds. The van der Waals surface area contributed by atoms with Gasteiger partial charge in [0.05, 0.1) is 11.3 Å². The maximum Gasteiger partial charge on any atom is 0.416 e. The molecule has 0 N–H and O–H groups in total. The highest BCUT2D eigenvalue weighted by Crippen LogP contribution is 2.32. The van der Waals surface area contributed by atoms with Crippen LogP contribution in [0.3, 0.4) is 0 Å². The lowest BCUT2D eigenvalue weighted by Crippen LogP contribution is -2.12. The minimum absolute atomic E-state index is 0.158. The number of alkyl halides is 3. The van der Waals surface area contributed by atoms with Crippen LogP contribution >= 0.6 is 0 Å². The van der Waals surface area contributed by atoms with Crippen molar-refractivity contribution < 1.29 is 26.4 Å². The molecule has 0 atom stereocenters. The van der Waals surface area contributed by atoms with Crippen molar-refractivity contribution in [2.24, 2.45) is 4.40 Å². The average molecular weight is 279 g/mol. The Kier molecular flexibility index (Phi) is 4.26. The molecule has 1 aromatic rings. The van der Waals surface area contributed by atoms with Crippen LogP contribution in [0.4, 0.5) is 13.2 Å². The van der Waals surface area contributed by atoms with E-state index in [1.807, 2.05) is 0 Å². The topological polar surface area (TPSA) is 63.6 Å². The first-order valence-corrected chi connectivity index (χ1v) is 6.34. The molecule has 0 aliphatic heterocycles. The molecule has 0 aliphatic rings. The average Bonchev–Trinajstić information content (AvgIpc) is 2.26. The minimum atomic E-state index is -4.55. The van der Waals surface area contributed by atoms with Crippen molar-refractivity contribution in [2.45, 2.75) is 12.6 Å². The fourth-order valence-corrected chi connectivity index (χ4v) is 2.04. The molecule has 98 valence electrons. The van der Waals surface area contributed by atoms with E-state index in [4.69, 9.17) is 0 Å². The van der Waals surface area contributed by atoms with Gasteiger partial charge in [0.25, 0.3) is 16.1 Å². The van der Waals surface area contributed by atoms with E-state index in [9.17, 15) is 26.4 Å². The molecule has 0 bridgehead atoms. The van der Waals surface area contributed by atoms with E-state index in [-0.39, 0.29) is 12.0 Å². The van der Waals surface area contributed by atoms with Gasteiger partial charge in [-0.05, 0) is 18.1 Å². The third-order valence-corrected chi connectivity index (χ3v) is 3.20. The van der Waals surface area contributed by atoms with Gasteiger partial charge in [-0.25, -0.2) is 13.2 Å². The summed E-state index contributed by atoms with van der Waals surface area (Å²) >= 11 is 0. The second-order valence-electron chi connectivity index (χ2n) is 3.37. The van der Waals surface area contributed by atoms with Crippen molar-refractivity contribution in [3.8, 4) is 0 Å². The SMILES string of the molecule is O=C=NS(=O)(=O)CCc1ccccc1C(F)(F)F. The number of hydrogen-bond acceptors (Lipinski definition) is 3. The zero-order valence-corrected chi connectivity index (χ0v) is 9.75. The summed E-state index contributed by atoms with van der Waals surface area (Å²) in [6.07, 6.45) is -4.07. The van der Waals surface area contributed by atoms with E-state index in [2.05, 4.69) is 4.40 Å². The molecule has 0 aromatic heterocycles. The van der Waals surface area contributed by atoms with Crippen molar-refractivity contribution in [1.82, 2.24) is 0 Å². The van der Waals surface area contributed by atoms with Gasteiger partial charge in [0.1, 0.15) is 0 Å². The molecule has 1 rings (SSSR count). The zero-order chi connectivity index (χ0) is 13.8. The number of halogens is 3. The summed E-state index contributed by atoms with van der Waals surface area (Å²) in [5.41, 5.74) is -1.05. The van der Waals surface area contributed by atoms with Crippen LogP contribution in [0.2, 0.25) is 0 Å². The van der Waals surface area contributed by atoms with Gasteiger partial charge in [0.15, 0.2) is 0 Å². The third-order valence-electron chi connectivity index (χ3n) is 2.13. The van der Waals surface area contributed by atoms with E-state index in [0.29, 0.717) is 0 Å². The number of aryl methyl sites for hydroxylation is 1. The lowest BCUT2D eigenvalue weighted by atomic mass is 10.1. The summed E-state index contributed by atoms with van der Waals surface area (Å²) in [6.45, 7) is 0. The molecule has 0 unspecified atom stereocenters. The third kappa shape index (κ3) is 3.97. The summed E-state index contributed by atoms with van der Waals surface area (Å²) < 4.78 is 62.4. The summed E-state index contributed by atoms with van der Waals surface area (Å²) in [4.78, 5) is 9.81. The van der Waals surface area contributed by atoms with Crippen molar-refractivity contribution in [1.29, 1.82) is 0 Å². The van der Waals surface area contributed by atoms with Crippen molar-refractivity contribution in [2.75, 3.05) is 5.75 Å². The smallest absolute Gasteiger partial charge is 0.210 e. The maximum absolute atomic E-state index is 12.6. The van der Waals surface area contributed by atoms with Crippen LogP contribution in [0.25, 0.3) is 0 Å². The standard InChI is InChI=1S/C10H8F3NO3S/c11-10(12,13)9-4-2-1-3-8(9)5-6-18(16,17)14-7-15/h1-4H,5-6H2. The fourth-order valence-electron chi connectivity index (χ4n) is 1.36. The van der Waals surface area contributed by atoms with Crippen molar-refractivity contribution >= 4 is 16.1 Å². The van der Waals surface area contributed by atoms with Gasteiger partial charge in [-0.15, -0.1) is 0 Å². The molecule has 8 heteroatoms. The lowest BCUT2D eigenvalue weighted by molar-refractivity contribution is -0.138. The molecule has 0 heterocycles. The predicted molar refractivity (Wildman–Crippen MR) is 57.1 cm³/mol. The Morgan fingerprint density at radius 1 is 1.22 bits per heavy atom. The minimum Gasteiger partial charge on any atom is -0.210 e. The number of rotatable bonds is 4. The van der Waals surface area contributed by atoms with Crippen LogP contribution in [0, 0.1) is 0 Å². The Balaban J connectivity index is 2.97. The van der Waals surface area contributed by atoms with Gasteiger partial charge in [-0.1, -0.05) is 22.6 Å². The fraction of sp³-hybridized carbons (Fsp3) is 0.300. The van der Waals surface area contributed by atoms with E-state index < -0.39 is 27.5 Å². The number of benzene rings is 1. The second-order valence-corrected chi connectivity index (χ2v) is 5.13. The first-order valence-electron chi connectivity index (χ1n) is 4.73. The molecule has 18 heavy (non-hydrogen) atoms. The zero-order valence-electron chi connectivity index (χ0n) is 8.94. The Morgan fingerprint density at radius 2 is 1.83 bits per heavy atom. The van der Waals surface area contributed by atoms with Crippen molar-refractivity contribution in [3.05, 3.63) is 35.4 Å². The number of hydrogen-bond donors (Lipinski definition) is 0. The Morgan fingerprint density at radius 3 is 2.39 bits per heavy atom. The Bertz CT molecular complexity index is 574. The molecule has 0 radical (unpaired) electrons. The van der Waals surface area contributed by atoms with Crippen LogP contribution in [-0.2, 0) is 27.4 Å². The van der Waals surface area contributed by atoms with E-state index in [1.165, 1.54) is 18.2 Å². The molecule has 1 aromatic carbocycles. The lowest BCUT2D eigenvalue weighted by Gasteiger charge is -2.11. The largest absolute Gasteiger partial charge is 0.416 e. The first kappa shape index (κ1) is 14.4. The molecule has 0 spiro atoms. The second kappa shape index (κ2) is 5.32. The Hall–Kier alpha value is -1.66. The van der Waals surface area contributed by atoms with Gasteiger partial charge < -0.3 is 0 Å². The van der Waals surface area contributed by atoms with Gasteiger partial charge >= 0.3 is 6.18 Å². The van der Waals surface area contributed by atoms with Crippen molar-refractivity contribution in [3.63, 3.8) is 0 Å². The van der Waals surface area contributed by atoms with Crippen LogP contribution in [0.15, 0.2) is 28.7 Å². The summed E-state index contributed by atoms with van der Waals surface area (Å²) in [6, 6.07) is 4.64. The summed E-state index contributed by atoms with van der Waals surface area (Å²) in [5.74, 6) is -0.671. The van der Waals surface area contributed by atoms with E-state index in [0.717, 1.165) is 12.1 Å². The quantitative estimate of drug-likeness (QED) is 0.624. The number of sulfonamides is 1. The van der Waals surface area contributed by atoms with Crippen LogP contribution in [0.5, 0.6) is 0 Å². The highest BCUT2D eigenvalue weighted by Gasteiger charge is 2.32. The molecule has 0 fully saturated rings. The first-order chi connectivity index (χ1) is 8.26. The monoisotopic (exact) mass is 279 g/mol. The molecule has 4 nitrogen and oxygen atoms in total. The predicted octanol–water partition coefficient (Wildman–Crippen LogP) is 1.91. The Labute approximate surface area is 101 Å². The van der Waals surface area contributed by atoms with Crippen LogP contribution < -0.4 is 0 Å².